The summed E-state index contributed by atoms with van der Waals surface area (Å²) in [7, 11) is 0. The third-order valence-corrected chi connectivity index (χ3v) is 5.18. The van der Waals surface area contributed by atoms with Crippen molar-refractivity contribution in [2.45, 2.75) is 38.4 Å². The first kappa shape index (κ1) is 21.2. The zero-order valence-electron chi connectivity index (χ0n) is 17.2. The number of aromatic nitrogens is 3. The molecule has 0 radical (unpaired) electrons. The number of carbonyl (C=O) groups excluding carboxylic acids is 1. The molecule has 1 heterocycles. The summed E-state index contributed by atoms with van der Waals surface area (Å²) in [6, 6.07) is 13.9. The van der Waals surface area contributed by atoms with Gasteiger partial charge in [0.25, 0.3) is 5.91 Å². The number of nitrogens with one attached hydrogen (secondary N) is 1. The quantitative estimate of drug-likeness (QED) is 0.404. The minimum absolute atomic E-state index is 0.0124. The summed E-state index contributed by atoms with van der Waals surface area (Å²) in [6.45, 7) is 5.87. The molecule has 1 aromatic heterocycles. The van der Waals surface area contributed by atoms with E-state index in [4.69, 9.17) is 4.74 Å². The number of fused-ring (bicyclic) bond motifs is 1. The Hall–Kier alpha value is -2.54. The Morgan fingerprint density at radius 2 is 1.97 bits per heavy atom. The first-order chi connectivity index (χ1) is 14.1. The number of benzene rings is 2. The summed E-state index contributed by atoms with van der Waals surface area (Å²) < 4.78 is 7.81. The van der Waals surface area contributed by atoms with Crippen LogP contribution in [0.3, 0.4) is 0 Å². The van der Waals surface area contributed by atoms with Crippen LogP contribution in [-0.4, -0.2) is 40.1 Å². The van der Waals surface area contributed by atoms with Crippen molar-refractivity contribution in [3.05, 3.63) is 48.3 Å². The number of aryl methyl sites for hydroxylation is 1. The maximum atomic E-state index is 12.1. The molecule has 6 nitrogen and oxygen atoms in total. The zero-order valence-corrected chi connectivity index (χ0v) is 18.0. The lowest BCUT2D eigenvalue weighted by molar-refractivity contribution is -0.123. The van der Waals surface area contributed by atoms with Gasteiger partial charge in [0.05, 0.1) is 0 Å². The van der Waals surface area contributed by atoms with Crippen molar-refractivity contribution in [3.8, 4) is 5.75 Å². The third kappa shape index (κ3) is 5.97. The van der Waals surface area contributed by atoms with Crippen molar-refractivity contribution in [3.63, 3.8) is 0 Å². The highest BCUT2D eigenvalue weighted by molar-refractivity contribution is 7.98. The normalized spacial score (nSPS) is 11.2. The lowest BCUT2D eigenvalue weighted by Gasteiger charge is -2.12. The molecule has 3 aromatic rings. The molecule has 154 valence electrons. The summed E-state index contributed by atoms with van der Waals surface area (Å²) in [6.07, 6.45) is 3.61. The second-order valence-electron chi connectivity index (χ2n) is 7.36. The maximum absolute atomic E-state index is 12.1. The third-order valence-electron chi connectivity index (χ3n) is 4.51. The Kier molecular flexibility index (Phi) is 7.52. The van der Waals surface area contributed by atoms with E-state index in [0.717, 1.165) is 41.1 Å². The second kappa shape index (κ2) is 10.3. The van der Waals surface area contributed by atoms with Gasteiger partial charge in [0.2, 0.25) is 0 Å². The molecule has 0 fully saturated rings. The molecule has 0 bridgehead atoms. The van der Waals surface area contributed by atoms with Crippen LogP contribution >= 0.6 is 11.8 Å². The van der Waals surface area contributed by atoms with Crippen LogP contribution in [-0.2, 0) is 17.8 Å². The molecule has 0 saturated carbocycles. The van der Waals surface area contributed by atoms with E-state index >= 15 is 0 Å². The number of rotatable bonds is 10. The Morgan fingerprint density at radius 1 is 1.17 bits per heavy atom. The standard InChI is InChI=1S/C22H28N4O2S/c1-16(2)14-26-20(24-25-22(26)29-3)9-6-12-23-21(27)15-28-19-11-10-17-7-4-5-8-18(17)13-19/h4-5,7-8,10-11,13,16H,6,9,12,14-15H2,1-3H3,(H,23,27). The number of hydrogen-bond acceptors (Lipinski definition) is 5. The van der Waals surface area contributed by atoms with E-state index in [1.807, 2.05) is 42.7 Å². The Bertz CT molecular complexity index is 955. The van der Waals surface area contributed by atoms with Gasteiger partial charge in [-0.15, -0.1) is 10.2 Å². The molecular formula is C22H28N4O2S. The van der Waals surface area contributed by atoms with E-state index in [9.17, 15) is 4.79 Å². The summed E-state index contributed by atoms with van der Waals surface area (Å²) >= 11 is 1.61. The molecule has 29 heavy (non-hydrogen) atoms. The van der Waals surface area contributed by atoms with Gasteiger partial charge in [-0.3, -0.25) is 4.79 Å². The minimum atomic E-state index is -0.119. The Labute approximate surface area is 176 Å². The van der Waals surface area contributed by atoms with Crippen LogP contribution in [0.4, 0.5) is 0 Å². The molecule has 0 spiro atoms. The van der Waals surface area contributed by atoms with Gasteiger partial charge in [-0.1, -0.05) is 55.9 Å². The van der Waals surface area contributed by atoms with Crippen LogP contribution in [0.15, 0.2) is 47.6 Å². The average Bonchev–Trinajstić information content (AvgIpc) is 3.10. The molecule has 3 rings (SSSR count). The molecule has 0 unspecified atom stereocenters. The van der Waals surface area contributed by atoms with E-state index in [0.29, 0.717) is 18.2 Å². The van der Waals surface area contributed by atoms with Crippen molar-refractivity contribution in [1.29, 1.82) is 0 Å². The smallest absolute Gasteiger partial charge is 0.257 e. The number of nitrogens with zero attached hydrogens (tertiary/aromatic N) is 3. The fourth-order valence-electron chi connectivity index (χ4n) is 3.13. The summed E-state index contributed by atoms with van der Waals surface area (Å²) in [5.41, 5.74) is 0. The van der Waals surface area contributed by atoms with Gasteiger partial charge in [-0.05, 0) is 41.5 Å². The number of hydrogen-bond donors (Lipinski definition) is 1. The van der Waals surface area contributed by atoms with Crippen LogP contribution in [0.25, 0.3) is 10.8 Å². The van der Waals surface area contributed by atoms with E-state index in [-0.39, 0.29) is 12.5 Å². The van der Waals surface area contributed by atoms with E-state index in [1.165, 1.54) is 0 Å². The highest BCUT2D eigenvalue weighted by atomic mass is 32.2. The average molecular weight is 413 g/mol. The molecule has 0 aliphatic carbocycles. The van der Waals surface area contributed by atoms with Gasteiger partial charge < -0.3 is 14.6 Å². The first-order valence-corrected chi connectivity index (χ1v) is 11.1. The van der Waals surface area contributed by atoms with Gasteiger partial charge in [0.1, 0.15) is 11.6 Å². The van der Waals surface area contributed by atoms with Crippen LogP contribution in [0, 0.1) is 5.92 Å². The minimum Gasteiger partial charge on any atom is -0.484 e. The number of ether oxygens (including phenoxy) is 1. The lowest BCUT2D eigenvalue weighted by atomic mass is 10.1. The summed E-state index contributed by atoms with van der Waals surface area (Å²) in [5, 5.41) is 14.7. The highest BCUT2D eigenvalue weighted by Gasteiger charge is 2.12. The number of carbonyl (C=O) groups is 1. The van der Waals surface area contributed by atoms with Gasteiger partial charge in [0, 0.05) is 19.5 Å². The van der Waals surface area contributed by atoms with Crippen molar-refractivity contribution in [1.82, 2.24) is 20.1 Å². The van der Waals surface area contributed by atoms with Gasteiger partial charge in [0.15, 0.2) is 11.8 Å². The number of thioether (sulfide) groups is 1. The zero-order chi connectivity index (χ0) is 20.6. The molecule has 0 aliphatic rings. The summed E-state index contributed by atoms with van der Waals surface area (Å²) in [5.74, 6) is 2.09. The van der Waals surface area contributed by atoms with Gasteiger partial charge >= 0.3 is 0 Å². The molecular weight excluding hydrogens is 384 g/mol. The molecule has 0 aliphatic heterocycles. The second-order valence-corrected chi connectivity index (χ2v) is 8.13. The predicted octanol–water partition coefficient (Wildman–Crippen LogP) is 3.94. The van der Waals surface area contributed by atoms with Crippen LogP contribution in [0.5, 0.6) is 5.75 Å². The number of amides is 1. The fourth-order valence-corrected chi connectivity index (χ4v) is 3.66. The van der Waals surface area contributed by atoms with Gasteiger partial charge in [-0.25, -0.2) is 0 Å². The van der Waals surface area contributed by atoms with Crippen molar-refractivity contribution in [2.75, 3.05) is 19.4 Å². The highest BCUT2D eigenvalue weighted by Crippen LogP contribution is 2.20. The largest absolute Gasteiger partial charge is 0.484 e. The van der Waals surface area contributed by atoms with Gasteiger partial charge in [-0.2, -0.15) is 0 Å². The van der Waals surface area contributed by atoms with Crippen molar-refractivity contribution >= 4 is 28.4 Å². The first-order valence-electron chi connectivity index (χ1n) is 9.91. The van der Waals surface area contributed by atoms with Crippen LogP contribution in [0.1, 0.15) is 26.1 Å². The molecule has 1 N–H and O–H groups in total. The van der Waals surface area contributed by atoms with Crippen molar-refractivity contribution < 1.29 is 9.53 Å². The fraction of sp³-hybridized carbons (Fsp3) is 0.409. The van der Waals surface area contributed by atoms with E-state index in [2.05, 4.69) is 40.0 Å². The Morgan fingerprint density at radius 3 is 2.72 bits per heavy atom. The maximum Gasteiger partial charge on any atom is 0.257 e. The topological polar surface area (TPSA) is 69.0 Å². The summed E-state index contributed by atoms with van der Waals surface area (Å²) in [4.78, 5) is 12.1. The molecule has 0 atom stereocenters. The van der Waals surface area contributed by atoms with Crippen LogP contribution < -0.4 is 10.1 Å². The molecule has 7 heteroatoms. The molecule has 2 aromatic carbocycles. The van der Waals surface area contributed by atoms with Crippen LogP contribution in [0.2, 0.25) is 0 Å². The monoisotopic (exact) mass is 412 g/mol. The Balaban J connectivity index is 1.42. The molecule has 1 amide bonds. The van der Waals surface area contributed by atoms with E-state index in [1.54, 1.807) is 11.8 Å². The van der Waals surface area contributed by atoms with E-state index < -0.39 is 0 Å². The predicted molar refractivity (Wildman–Crippen MR) is 117 cm³/mol. The molecule has 0 saturated heterocycles. The van der Waals surface area contributed by atoms with Crippen molar-refractivity contribution in [2.24, 2.45) is 5.92 Å². The lowest BCUT2D eigenvalue weighted by Crippen LogP contribution is -2.30. The SMILES string of the molecule is CSc1nnc(CCCNC(=O)COc2ccc3ccccc3c2)n1CC(C)C.